The van der Waals surface area contributed by atoms with Gasteiger partial charge in [0.25, 0.3) is 0 Å². The van der Waals surface area contributed by atoms with Crippen molar-refractivity contribution in [3.05, 3.63) is 34.9 Å². The minimum absolute atomic E-state index is 0.0634. The summed E-state index contributed by atoms with van der Waals surface area (Å²) in [5, 5.41) is 6.43. The van der Waals surface area contributed by atoms with Gasteiger partial charge >= 0.3 is 0 Å². The lowest BCUT2D eigenvalue weighted by Crippen LogP contribution is -2.39. The van der Waals surface area contributed by atoms with E-state index >= 15 is 0 Å². The third-order valence-electron chi connectivity index (χ3n) is 4.18. The highest BCUT2D eigenvalue weighted by atomic mass is 16.1. The highest BCUT2D eigenvalue weighted by Gasteiger charge is 2.16. The maximum atomic E-state index is 12.0. The number of carbonyl (C=O) groups excluding carboxylic acids is 1. The molecule has 1 saturated carbocycles. The van der Waals surface area contributed by atoms with E-state index in [1.807, 2.05) is 6.92 Å². The SMILES string of the molecule is Cc1ccc(C(C)NC(=O)CNC2CCCC2)c(C)c1. The predicted molar refractivity (Wildman–Crippen MR) is 82.7 cm³/mol. The molecule has 1 unspecified atom stereocenters. The number of carbonyl (C=O) groups is 1. The van der Waals surface area contributed by atoms with E-state index in [2.05, 4.69) is 42.7 Å². The normalized spacial score (nSPS) is 17.1. The molecule has 1 aromatic rings. The topological polar surface area (TPSA) is 41.1 Å². The van der Waals surface area contributed by atoms with Crippen molar-refractivity contribution in [2.75, 3.05) is 6.54 Å². The van der Waals surface area contributed by atoms with E-state index < -0.39 is 0 Å². The van der Waals surface area contributed by atoms with Crippen molar-refractivity contribution in [2.24, 2.45) is 0 Å². The van der Waals surface area contributed by atoms with Crippen molar-refractivity contribution in [2.45, 2.75) is 58.5 Å². The van der Waals surface area contributed by atoms with Gasteiger partial charge in [-0.3, -0.25) is 4.79 Å². The Labute approximate surface area is 122 Å². The van der Waals surface area contributed by atoms with E-state index in [-0.39, 0.29) is 11.9 Å². The van der Waals surface area contributed by atoms with Gasteiger partial charge in [0, 0.05) is 6.04 Å². The number of aryl methyl sites for hydroxylation is 2. The minimum atomic E-state index is 0.0634. The summed E-state index contributed by atoms with van der Waals surface area (Å²) in [6.07, 6.45) is 5.00. The summed E-state index contributed by atoms with van der Waals surface area (Å²) in [6, 6.07) is 6.97. The largest absolute Gasteiger partial charge is 0.348 e. The van der Waals surface area contributed by atoms with Gasteiger partial charge in [-0.05, 0) is 44.7 Å². The van der Waals surface area contributed by atoms with Crippen molar-refractivity contribution in [1.29, 1.82) is 0 Å². The first kappa shape index (κ1) is 15.0. The molecule has 0 radical (unpaired) electrons. The molecular formula is C17H26N2O. The number of rotatable bonds is 5. The molecule has 1 atom stereocenters. The Morgan fingerprint density at radius 3 is 2.65 bits per heavy atom. The van der Waals surface area contributed by atoms with E-state index in [4.69, 9.17) is 0 Å². The van der Waals surface area contributed by atoms with Crippen LogP contribution in [0.4, 0.5) is 0 Å². The van der Waals surface area contributed by atoms with Crippen LogP contribution in [-0.2, 0) is 4.79 Å². The molecule has 0 spiro atoms. The lowest BCUT2D eigenvalue weighted by molar-refractivity contribution is -0.121. The Bertz CT molecular complexity index is 464. The molecule has 3 nitrogen and oxygen atoms in total. The monoisotopic (exact) mass is 274 g/mol. The smallest absolute Gasteiger partial charge is 0.234 e. The Kier molecular flexibility index (Phi) is 5.18. The number of hydrogen-bond acceptors (Lipinski definition) is 2. The van der Waals surface area contributed by atoms with Crippen LogP contribution in [0.3, 0.4) is 0 Å². The zero-order valence-corrected chi connectivity index (χ0v) is 12.8. The zero-order valence-electron chi connectivity index (χ0n) is 12.8. The van der Waals surface area contributed by atoms with Crippen molar-refractivity contribution >= 4 is 5.91 Å². The second-order valence-corrected chi connectivity index (χ2v) is 6.01. The maximum absolute atomic E-state index is 12.0. The Balaban J connectivity index is 1.83. The molecule has 1 aliphatic rings. The molecule has 2 rings (SSSR count). The molecule has 1 fully saturated rings. The Morgan fingerprint density at radius 2 is 2.00 bits per heavy atom. The zero-order chi connectivity index (χ0) is 14.5. The number of amides is 1. The summed E-state index contributed by atoms with van der Waals surface area (Å²) >= 11 is 0. The lowest BCUT2D eigenvalue weighted by atomic mass is 10.0. The van der Waals surface area contributed by atoms with Crippen molar-refractivity contribution < 1.29 is 4.79 Å². The molecule has 0 aromatic heterocycles. The molecule has 20 heavy (non-hydrogen) atoms. The summed E-state index contributed by atoms with van der Waals surface area (Å²) in [5.41, 5.74) is 3.69. The average molecular weight is 274 g/mol. The van der Waals surface area contributed by atoms with Crippen LogP contribution in [0.5, 0.6) is 0 Å². The molecule has 1 aliphatic carbocycles. The van der Waals surface area contributed by atoms with Gasteiger partial charge in [0.05, 0.1) is 12.6 Å². The predicted octanol–water partition coefficient (Wildman–Crippen LogP) is 3.01. The third kappa shape index (κ3) is 4.07. The van der Waals surface area contributed by atoms with E-state index in [0.29, 0.717) is 12.6 Å². The summed E-state index contributed by atoms with van der Waals surface area (Å²) in [7, 11) is 0. The first-order valence-corrected chi connectivity index (χ1v) is 7.66. The van der Waals surface area contributed by atoms with Crippen molar-refractivity contribution in [3.63, 3.8) is 0 Å². The van der Waals surface area contributed by atoms with E-state index in [0.717, 1.165) is 0 Å². The number of nitrogens with one attached hydrogen (secondary N) is 2. The van der Waals surface area contributed by atoms with Gasteiger partial charge in [0.2, 0.25) is 5.91 Å². The van der Waals surface area contributed by atoms with Gasteiger partial charge in [-0.2, -0.15) is 0 Å². The molecule has 3 heteroatoms. The Hall–Kier alpha value is -1.35. The van der Waals surface area contributed by atoms with E-state index in [1.54, 1.807) is 0 Å². The first-order chi connectivity index (χ1) is 9.56. The Morgan fingerprint density at radius 1 is 1.30 bits per heavy atom. The summed E-state index contributed by atoms with van der Waals surface area (Å²) in [6.45, 7) is 6.67. The molecule has 110 valence electrons. The lowest BCUT2D eigenvalue weighted by Gasteiger charge is -2.18. The first-order valence-electron chi connectivity index (χ1n) is 7.66. The molecule has 1 aromatic carbocycles. The number of hydrogen-bond donors (Lipinski definition) is 2. The van der Waals surface area contributed by atoms with Gasteiger partial charge in [-0.25, -0.2) is 0 Å². The molecule has 0 bridgehead atoms. The molecule has 0 aliphatic heterocycles. The van der Waals surface area contributed by atoms with Crippen LogP contribution >= 0.6 is 0 Å². The van der Waals surface area contributed by atoms with Crippen LogP contribution in [0.1, 0.15) is 55.3 Å². The quantitative estimate of drug-likeness (QED) is 0.866. The van der Waals surface area contributed by atoms with Crippen LogP contribution in [0.25, 0.3) is 0 Å². The van der Waals surface area contributed by atoms with Gasteiger partial charge in [-0.1, -0.05) is 36.6 Å². The average Bonchev–Trinajstić information content (AvgIpc) is 2.89. The van der Waals surface area contributed by atoms with Crippen LogP contribution in [-0.4, -0.2) is 18.5 Å². The van der Waals surface area contributed by atoms with Crippen LogP contribution < -0.4 is 10.6 Å². The van der Waals surface area contributed by atoms with E-state index in [9.17, 15) is 4.79 Å². The second-order valence-electron chi connectivity index (χ2n) is 6.01. The summed E-state index contributed by atoms with van der Waals surface area (Å²) < 4.78 is 0. The molecule has 1 amide bonds. The molecule has 0 heterocycles. The van der Waals surface area contributed by atoms with Gasteiger partial charge in [0.1, 0.15) is 0 Å². The molecule has 0 saturated heterocycles. The van der Waals surface area contributed by atoms with Crippen molar-refractivity contribution in [1.82, 2.24) is 10.6 Å². The van der Waals surface area contributed by atoms with Crippen LogP contribution in [0.2, 0.25) is 0 Å². The minimum Gasteiger partial charge on any atom is -0.348 e. The van der Waals surface area contributed by atoms with Crippen molar-refractivity contribution in [3.8, 4) is 0 Å². The fourth-order valence-corrected chi connectivity index (χ4v) is 3.05. The maximum Gasteiger partial charge on any atom is 0.234 e. The van der Waals surface area contributed by atoms with Gasteiger partial charge < -0.3 is 10.6 Å². The third-order valence-corrected chi connectivity index (χ3v) is 4.18. The summed E-state index contributed by atoms with van der Waals surface area (Å²) in [5.74, 6) is 0.0874. The van der Waals surface area contributed by atoms with Gasteiger partial charge in [0.15, 0.2) is 0 Å². The second kappa shape index (κ2) is 6.89. The van der Waals surface area contributed by atoms with Crippen LogP contribution in [0.15, 0.2) is 18.2 Å². The van der Waals surface area contributed by atoms with Crippen LogP contribution in [0, 0.1) is 13.8 Å². The van der Waals surface area contributed by atoms with Gasteiger partial charge in [-0.15, -0.1) is 0 Å². The number of benzene rings is 1. The fraction of sp³-hybridized carbons (Fsp3) is 0.588. The van der Waals surface area contributed by atoms with E-state index in [1.165, 1.54) is 42.4 Å². The molecule has 2 N–H and O–H groups in total. The summed E-state index contributed by atoms with van der Waals surface area (Å²) in [4.78, 5) is 12.0. The fourth-order valence-electron chi connectivity index (χ4n) is 3.05. The highest BCUT2D eigenvalue weighted by Crippen LogP contribution is 2.19. The standard InChI is InChI=1S/C17H26N2O/c1-12-8-9-16(13(2)10-12)14(3)19-17(20)11-18-15-6-4-5-7-15/h8-10,14-15,18H,4-7,11H2,1-3H3,(H,19,20). The highest BCUT2D eigenvalue weighted by molar-refractivity contribution is 5.78. The molecular weight excluding hydrogens is 248 g/mol.